The number of carboxylic acids is 1. The van der Waals surface area contributed by atoms with E-state index in [0.717, 1.165) is 16.7 Å². The molecule has 9 heteroatoms. The van der Waals surface area contributed by atoms with E-state index in [1.807, 2.05) is 26.8 Å². The number of esters is 2. The van der Waals surface area contributed by atoms with Gasteiger partial charge in [-0.2, -0.15) is 0 Å². The van der Waals surface area contributed by atoms with Crippen molar-refractivity contribution in [3.05, 3.63) is 69.3 Å². The number of amides is 1. The summed E-state index contributed by atoms with van der Waals surface area (Å²) in [5.74, 6) is -2.16. The van der Waals surface area contributed by atoms with E-state index in [9.17, 15) is 24.0 Å². The average molecular weight is 550 g/mol. The SMILES string of the molecule is CCc1c(C)c2c(c(OC(=O)CCCC(=O)Nc3ccc(C(C)=O)cc3)c1C/C=C(\C)CCC(=O)O)C(=O)OC2. The van der Waals surface area contributed by atoms with Crippen molar-refractivity contribution in [2.45, 2.75) is 79.2 Å². The number of rotatable bonds is 13. The molecule has 1 amide bonds. The van der Waals surface area contributed by atoms with Crippen LogP contribution in [0.25, 0.3) is 0 Å². The lowest BCUT2D eigenvalue weighted by Gasteiger charge is -2.19. The van der Waals surface area contributed by atoms with Gasteiger partial charge in [-0.3, -0.25) is 19.2 Å². The Morgan fingerprint density at radius 1 is 1.02 bits per heavy atom. The van der Waals surface area contributed by atoms with Crippen LogP contribution in [0.2, 0.25) is 0 Å². The highest BCUT2D eigenvalue weighted by atomic mass is 16.6. The predicted octanol–water partition coefficient (Wildman–Crippen LogP) is 5.50. The number of allylic oxidation sites excluding steroid dienone is 2. The third kappa shape index (κ3) is 7.65. The summed E-state index contributed by atoms with van der Waals surface area (Å²) < 4.78 is 11.1. The molecule has 0 aliphatic carbocycles. The second-order valence-electron chi connectivity index (χ2n) is 9.85. The topological polar surface area (TPSA) is 136 Å². The van der Waals surface area contributed by atoms with Gasteiger partial charge >= 0.3 is 17.9 Å². The van der Waals surface area contributed by atoms with Crippen LogP contribution in [0.5, 0.6) is 5.75 Å². The summed E-state index contributed by atoms with van der Waals surface area (Å²) in [7, 11) is 0. The number of ether oxygens (including phenoxy) is 2. The number of carbonyl (C=O) groups excluding carboxylic acids is 4. The zero-order valence-corrected chi connectivity index (χ0v) is 23.3. The first kappa shape index (κ1) is 30.3. The molecule has 0 fully saturated rings. The van der Waals surface area contributed by atoms with Crippen LogP contribution >= 0.6 is 0 Å². The van der Waals surface area contributed by atoms with Gasteiger partial charge in [-0.15, -0.1) is 0 Å². The maximum Gasteiger partial charge on any atom is 0.342 e. The Balaban J connectivity index is 1.72. The molecule has 3 rings (SSSR count). The molecule has 0 bridgehead atoms. The van der Waals surface area contributed by atoms with E-state index >= 15 is 0 Å². The van der Waals surface area contributed by atoms with Gasteiger partial charge in [0.15, 0.2) is 5.78 Å². The van der Waals surface area contributed by atoms with Crippen molar-refractivity contribution in [3.63, 3.8) is 0 Å². The highest BCUT2D eigenvalue weighted by Crippen LogP contribution is 2.39. The van der Waals surface area contributed by atoms with Crippen molar-refractivity contribution in [2.75, 3.05) is 5.32 Å². The Labute approximate surface area is 233 Å². The second-order valence-corrected chi connectivity index (χ2v) is 9.85. The fraction of sp³-hybridized carbons (Fsp3) is 0.387. The summed E-state index contributed by atoms with van der Waals surface area (Å²) in [6.45, 7) is 7.32. The summed E-state index contributed by atoms with van der Waals surface area (Å²) in [6.07, 6.45) is 3.58. The van der Waals surface area contributed by atoms with Crippen LogP contribution in [0.15, 0.2) is 35.9 Å². The molecule has 2 aromatic rings. The van der Waals surface area contributed by atoms with Crippen molar-refractivity contribution in [3.8, 4) is 5.75 Å². The minimum Gasteiger partial charge on any atom is -0.481 e. The van der Waals surface area contributed by atoms with Gasteiger partial charge in [0.1, 0.15) is 17.9 Å². The molecule has 1 heterocycles. The highest BCUT2D eigenvalue weighted by Gasteiger charge is 2.33. The van der Waals surface area contributed by atoms with Gasteiger partial charge in [-0.05, 0) is 81.8 Å². The maximum atomic E-state index is 12.9. The monoisotopic (exact) mass is 549 g/mol. The number of carbonyl (C=O) groups is 5. The van der Waals surface area contributed by atoms with Gasteiger partial charge in [0, 0.05) is 41.6 Å². The van der Waals surface area contributed by atoms with E-state index in [0.29, 0.717) is 41.6 Å². The average Bonchev–Trinajstić information content (AvgIpc) is 3.30. The smallest absolute Gasteiger partial charge is 0.342 e. The Hall–Kier alpha value is -4.27. The van der Waals surface area contributed by atoms with E-state index < -0.39 is 17.9 Å². The molecule has 0 unspecified atom stereocenters. The number of benzene rings is 2. The largest absolute Gasteiger partial charge is 0.481 e. The van der Waals surface area contributed by atoms with Gasteiger partial charge < -0.3 is 19.9 Å². The maximum absolute atomic E-state index is 12.9. The third-order valence-corrected chi connectivity index (χ3v) is 6.94. The number of carboxylic acid groups (broad SMARTS) is 1. The Morgan fingerprint density at radius 3 is 2.35 bits per heavy atom. The lowest BCUT2D eigenvalue weighted by Crippen LogP contribution is -2.16. The quantitative estimate of drug-likeness (QED) is 0.145. The molecule has 2 N–H and O–H groups in total. The van der Waals surface area contributed by atoms with Crippen molar-refractivity contribution in [2.24, 2.45) is 0 Å². The number of aliphatic carboxylic acids is 1. The molecule has 0 saturated carbocycles. The van der Waals surface area contributed by atoms with E-state index in [4.69, 9.17) is 14.6 Å². The van der Waals surface area contributed by atoms with Crippen LogP contribution in [0, 0.1) is 6.92 Å². The van der Waals surface area contributed by atoms with E-state index in [-0.39, 0.29) is 55.3 Å². The summed E-state index contributed by atoms with van der Waals surface area (Å²) >= 11 is 0. The normalized spacial score (nSPS) is 12.5. The Kier molecular flexibility index (Phi) is 10.4. The van der Waals surface area contributed by atoms with Crippen LogP contribution in [-0.2, 0) is 38.6 Å². The molecule has 0 atom stereocenters. The second kappa shape index (κ2) is 13.7. The minimum absolute atomic E-state index is 0.0116. The highest BCUT2D eigenvalue weighted by molar-refractivity contribution is 5.99. The van der Waals surface area contributed by atoms with Crippen LogP contribution in [0.3, 0.4) is 0 Å². The molecule has 9 nitrogen and oxygen atoms in total. The molecular weight excluding hydrogens is 514 g/mol. The fourth-order valence-electron chi connectivity index (χ4n) is 4.69. The molecule has 0 aromatic heterocycles. The fourth-order valence-corrected chi connectivity index (χ4v) is 4.69. The predicted molar refractivity (Wildman–Crippen MR) is 149 cm³/mol. The lowest BCUT2D eigenvalue weighted by molar-refractivity contribution is -0.137. The first-order valence-electron chi connectivity index (χ1n) is 13.3. The van der Waals surface area contributed by atoms with Gasteiger partial charge in [-0.1, -0.05) is 18.6 Å². The lowest BCUT2D eigenvalue weighted by atomic mass is 9.89. The van der Waals surface area contributed by atoms with Gasteiger partial charge in [0.25, 0.3) is 0 Å². The molecule has 40 heavy (non-hydrogen) atoms. The van der Waals surface area contributed by atoms with E-state index in [1.165, 1.54) is 6.92 Å². The number of cyclic esters (lactones) is 1. The third-order valence-electron chi connectivity index (χ3n) is 6.94. The zero-order valence-electron chi connectivity index (χ0n) is 23.3. The van der Waals surface area contributed by atoms with Crippen molar-refractivity contribution in [1.29, 1.82) is 0 Å². The summed E-state index contributed by atoms with van der Waals surface area (Å²) in [5, 5.41) is 11.7. The molecule has 0 spiro atoms. The van der Waals surface area contributed by atoms with Crippen LogP contribution in [-0.4, -0.2) is 34.7 Å². The summed E-state index contributed by atoms with van der Waals surface area (Å²) in [6, 6.07) is 6.55. The van der Waals surface area contributed by atoms with Crippen molar-refractivity contribution < 1.29 is 38.6 Å². The van der Waals surface area contributed by atoms with Crippen LogP contribution in [0.1, 0.15) is 95.8 Å². The summed E-state index contributed by atoms with van der Waals surface area (Å²) in [4.78, 5) is 60.3. The molecular formula is C31H35NO8. The molecule has 2 aromatic carbocycles. The number of anilines is 1. The van der Waals surface area contributed by atoms with Gasteiger partial charge in [-0.25, -0.2) is 4.79 Å². The van der Waals surface area contributed by atoms with Gasteiger partial charge in [0.05, 0.1) is 0 Å². The first-order valence-corrected chi connectivity index (χ1v) is 13.3. The van der Waals surface area contributed by atoms with E-state index in [1.54, 1.807) is 24.3 Å². The Morgan fingerprint density at radius 2 is 1.73 bits per heavy atom. The molecule has 0 saturated heterocycles. The number of hydrogen-bond acceptors (Lipinski definition) is 7. The minimum atomic E-state index is -0.882. The Bertz CT molecular complexity index is 1350. The van der Waals surface area contributed by atoms with Gasteiger partial charge in [0.2, 0.25) is 5.91 Å². The number of fused-ring (bicyclic) bond motifs is 1. The standard InChI is InChI=1S/C31H35NO8/c1-5-23-19(3)25-17-39-31(38)29(25)30(24(23)15-9-18(2)10-16-27(35)36)40-28(37)8-6-7-26(34)32-22-13-11-21(12-14-22)20(4)33/h9,11-14H,5-8,10,15-17H2,1-4H3,(H,32,34)(H,35,36)/b18-9+. The van der Waals surface area contributed by atoms with E-state index in [2.05, 4.69) is 5.32 Å². The summed E-state index contributed by atoms with van der Waals surface area (Å²) in [5.41, 5.74) is 5.51. The molecule has 0 radical (unpaired) electrons. The number of ketones is 1. The van der Waals surface area contributed by atoms with Crippen molar-refractivity contribution >= 4 is 35.3 Å². The van der Waals surface area contributed by atoms with Crippen LogP contribution < -0.4 is 10.1 Å². The number of Topliss-reactive ketones (excluding diaryl/α,β-unsaturated/α-hetero) is 1. The zero-order chi connectivity index (χ0) is 29.4. The first-order chi connectivity index (χ1) is 19.0. The number of nitrogens with one attached hydrogen (secondary N) is 1. The van der Waals surface area contributed by atoms with Crippen LogP contribution in [0.4, 0.5) is 5.69 Å². The molecule has 212 valence electrons. The molecule has 1 aliphatic rings. The van der Waals surface area contributed by atoms with Crippen molar-refractivity contribution in [1.82, 2.24) is 0 Å². The number of hydrogen-bond donors (Lipinski definition) is 2. The molecule has 1 aliphatic heterocycles.